The van der Waals surface area contributed by atoms with Crippen molar-refractivity contribution in [3.05, 3.63) is 58.7 Å². The SMILES string of the molecule is CCCN1C=CC=CC1N1CCC(c2c(F)cc(C(N)=O)c3[nH]c(C(F)(F)F)c(C)c23)C1. The lowest BCUT2D eigenvalue weighted by Gasteiger charge is -2.36. The highest BCUT2D eigenvalue weighted by atomic mass is 19.4. The van der Waals surface area contributed by atoms with Gasteiger partial charge in [0.1, 0.15) is 17.7 Å². The molecule has 1 amide bonds. The van der Waals surface area contributed by atoms with Crippen LogP contribution in [0.1, 0.15) is 52.9 Å². The van der Waals surface area contributed by atoms with Crippen LogP contribution < -0.4 is 5.73 Å². The Morgan fingerprint density at radius 1 is 1.31 bits per heavy atom. The molecular formula is C23H26F4N4O. The molecule has 9 heteroatoms. The molecule has 1 saturated heterocycles. The normalized spacial score (nSPS) is 21.8. The number of aryl methyl sites for hydroxylation is 1. The molecule has 2 aromatic rings. The van der Waals surface area contributed by atoms with Crippen molar-refractivity contribution < 1.29 is 22.4 Å². The Morgan fingerprint density at radius 2 is 2.06 bits per heavy atom. The first-order valence-corrected chi connectivity index (χ1v) is 10.7. The van der Waals surface area contributed by atoms with E-state index in [9.17, 15) is 18.0 Å². The van der Waals surface area contributed by atoms with Gasteiger partial charge in [0.05, 0.1) is 11.1 Å². The molecule has 1 aromatic carbocycles. The number of aromatic nitrogens is 1. The smallest absolute Gasteiger partial charge is 0.366 e. The first-order chi connectivity index (χ1) is 15.1. The molecule has 0 bridgehead atoms. The average molecular weight is 450 g/mol. The van der Waals surface area contributed by atoms with E-state index in [-0.39, 0.29) is 39.7 Å². The van der Waals surface area contributed by atoms with Crippen molar-refractivity contribution in [1.82, 2.24) is 14.8 Å². The zero-order valence-electron chi connectivity index (χ0n) is 18.0. The van der Waals surface area contributed by atoms with Gasteiger partial charge in [-0.25, -0.2) is 4.39 Å². The third-order valence-corrected chi connectivity index (χ3v) is 6.36. The predicted octanol–water partition coefficient (Wildman–Crippen LogP) is 4.64. The number of benzene rings is 1. The van der Waals surface area contributed by atoms with Crippen LogP contribution in [0.3, 0.4) is 0 Å². The number of nitrogens with one attached hydrogen (secondary N) is 1. The van der Waals surface area contributed by atoms with Gasteiger partial charge in [0.25, 0.3) is 5.91 Å². The summed E-state index contributed by atoms with van der Waals surface area (Å²) in [4.78, 5) is 18.6. The van der Waals surface area contributed by atoms with Gasteiger partial charge in [0.15, 0.2) is 0 Å². The molecule has 4 rings (SSSR count). The number of primary amides is 1. The van der Waals surface area contributed by atoms with Crippen molar-refractivity contribution in [2.45, 2.75) is 44.9 Å². The second-order valence-electron chi connectivity index (χ2n) is 8.42. The van der Waals surface area contributed by atoms with Crippen LogP contribution in [0.5, 0.6) is 0 Å². The van der Waals surface area contributed by atoms with E-state index < -0.39 is 23.6 Å². The minimum absolute atomic E-state index is 0.0199. The molecule has 32 heavy (non-hydrogen) atoms. The van der Waals surface area contributed by atoms with E-state index >= 15 is 4.39 Å². The van der Waals surface area contributed by atoms with Crippen LogP contribution in [0.15, 0.2) is 30.5 Å². The second-order valence-corrected chi connectivity index (χ2v) is 8.42. The lowest BCUT2D eigenvalue weighted by Crippen LogP contribution is -2.44. The molecule has 0 saturated carbocycles. The maximum absolute atomic E-state index is 15.3. The minimum atomic E-state index is -4.66. The number of amides is 1. The predicted molar refractivity (Wildman–Crippen MR) is 115 cm³/mol. The highest BCUT2D eigenvalue weighted by molar-refractivity contribution is 6.07. The molecule has 2 unspecified atom stereocenters. The Bertz CT molecular complexity index is 1100. The molecule has 1 aromatic heterocycles. The summed E-state index contributed by atoms with van der Waals surface area (Å²) >= 11 is 0. The quantitative estimate of drug-likeness (QED) is 0.652. The van der Waals surface area contributed by atoms with Crippen LogP contribution in [0.2, 0.25) is 0 Å². The van der Waals surface area contributed by atoms with Crippen molar-refractivity contribution in [1.29, 1.82) is 0 Å². The number of hydrogen-bond donors (Lipinski definition) is 2. The Balaban J connectivity index is 1.77. The van der Waals surface area contributed by atoms with Crippen molar-refractivity contribution >= 4 is 16.8 Å². The fourth-order valence-electron chi connectivity index (χ4n) is 4.99. The highest BCUT2D eigenvalue weighted by Gasteiger charge is 2.39. The summed E-state index contributed by atoms with van der Waals surface area (Å²) in [7, 11) is 0. The number of allylic oxidation sites excluding steroid dienone is 2. The van der Waals surface area contributed by atoms with Crippen molar-refractivity contribution in [3.8, 4) is 0 Å². The molecule has 3 heterocycles. The van der Waals surface area contributed by atoms with Crippen LogP contribution in [-0.4, -0.2) is 46.5 Å². The number of carbonyl (C=O) groups is 1. The summed E-state index contributed by atoms with van der Waals surface area (Å²) in [5.41, 5.74) is 4.15. The molecular weight excluding hydrogens is 424 g/mol. The maximum Gasteiger partial charge on any atom is 0.431 e. The zero-order chi connectivity index (χ0) is 23.2. The number of H-pyrrole nitrogens is 1. The second kappa shape index (κ2) is 8.27. The van der Waals surface area contributed by atoms with Crippen molar-refractivity contribution in [3.63, 3.8) is 0 Å². The summed E-state index contributed by atoms with van der Waals surface area (Å²) in [6.45, 7) is 5.44. The molecule has 0 spiro atoms. The fourth-order valence-corrected chi connectivity index (χ4v) is 4.99. The van der Waals surface area contributed by atoms with E-state index in [1.807, 2.05) is 18.4 Å². The van der Waals surface area contributed by atoms with Gasteiger partial charge in [0.2, 0.25) is 0 Å². The molecule has 2 aliphatic rings. The van der Waals surface area contributed by atoms with Crippen LogP contribution in [0.4, 0.5) is 17.6 Å². The van der Waals surface area contributed by atoms with Gasteiger partial charge < -0.3 is 15.6 Å². The molecule has 172 valence electrons. The van der Waals surface area contributed by atoms with E-state index in [1.54, 1.807) is 0 Å². The van der Waals surface area contributed by atoms with Gasteiger partial charge in [-0.05, 0) is 43.5 Å². The molecule has 5 nitrogen and oxygen atoms in total. The summed E-state index contributed by atoms with van der Waals surface area (Å²) in [5, 5.41) is 0.113. The molecule has 1 fully saturated rings. The number of likely N-dealkylation sites (tertiary alicyclic amines) is 1. The topological polar surface area (TPSA) is 65.4 Å². The number of nitrogens with two attached hydrogens (primary N) is 1. The van der Waals surface area contributed by atoms with Crippen molar-refractivity contribution in [2.75, 3.05) is 19.6 Å². The zero-order valence-corrected chi connectivity index (χ0v) is 18.0. The lowest BCUT2D eigenvalue weighted by atomic mass is 9.90. The number of rotatable bonds is 5. The summed E-state index contributed by atoms with van der Waals surface area (Å²) < 4.78 is 56.0. The van der Waals surface area contributed by atoms with E-state index in [1.165, 1.54) is 6.92 Å². The molecule has 0 aliphatic carbocycles. The number of alkyl halides is 3. The third kappa shape index (κ3) is 3.79. The van der Waals surface area contributed by atoms with Gasteiger partial charge in [0, 0.05) is 42.7 Å². The first-order valence-electron chi connectivity index (χ1n) is 10.7. The van der Waals surface area contributed by atoms with E-state index in [0.717, 1.165) is 19.0 Å². The Labute approximate surface area is 183 Å². The van der Waals surface area contributed by atoms with Gasteiger partial charge in [-0.15, -0.1) is 0 Å². The minimum Gasteiger partial charge on any atom is -0.366 e. The monoisotopic (exact) mass is 450 g/mol. The van der Waals surface area contributed by atoms with Crippen LogP contribution in [0, 0.1) is 12.7 Å². The number of carbonyl (C=O) groups excluding carboxylic acids is 1. The van der Waals surface area contributed by atoms with E-state index in [4.69, 9.17) is 5.73 Å². The first kappa shape index (κ1) is 22.4. The Kier molecular flexibility index (Phi) is 5.79. The summed E-state index contributed by atoms with van der Waals surface area (Å²) in [5.74, 6) is -1.98. The summed E-state index contributed by atoms with van der Waals surface area (Å²) in [6, 6.07) is 0.964. The molecule has 3 N–H and O–H groups in total. The maximum atomic E-state index is 15.3. The standard InChI is InChI=1S/C23H26F4N4O/c1-3-8-30-9-5-4-6-17(30)31-10-7-14(12-31)19-16(24)11-15(22(28)32)20-18(19)13(2)21(29-20)23(25,26)27/h4-6,9,11,14,17,29H,3,7-8,10,12H2,1-2H3,(H2,28,32). The van der Waals surface area contributed by atoms with Gasteiger partial charge >= 0.3 is 6.18 Å². The fraction of sp³-hybridized carbons (Fsp3) is 0.435. The van der Waals surface area contributed by atoms with Crippen molar-refractivity contribution in [2.24, 2.45) is 5.73 Å². The summed E-state index contributed by atoms with van der Waals surface area (Å²) in [6.07, 6.45) is 4.96. The van der Waals surface area contributed by atoms with Crippen LogP contribution in [0.25, 0.3) is 10.9 Å². The number of aromatic amines is 1. The lowest BCUT2D eigenvalue weighted by molar-refractivity contribution is -0.141. The number of fused-ring (bicyclic) bond motifs is 1. The van der Waals surface area contributed by atoms with Gasteiger partial charge in [-0.3, -0.25) is 9.69 Å². The number of nitrogens with zero attached hydrogens (tertiary/aromatic N) is 2. The van der Waals surface area contributed by atoms with Gasteiger partial charge in [-0.1, -0.05) is 13.0 Å². The van der Waals surface area contributed by atoms with Gasteiger partial charge in [-0.2, -0.15) is 13.2 Å². The number of halogens is 4. The largest absolute Gasteiger partial charge is 0.431 e. The molecule has 2 atom stereocenters. The van der Waals surface area contributed by atoms with Crippen LogP contribution in [-0.2, 0) is 6.18 Å². The molecule has 0 radical (unpaired) electrons. The Hall–Kier alpha value is -2.81. The third-order valence-electron chi connectivity index (χ3n) is 6.36. The average Bonchev–Trinajstić information content (AvgIpc) is 3.33. The van der Waals surface area contributed by atoms with E-state index in [0.29, 0.717) is 19.5 Å². The van der Waals surface area contributed by atoms with E-state index in [2.05, 4.69) is 27.8 Å². The Morgan fingerprint density at radius 3 is 2.72 bits per heavy atom. The van der Waals surface area contributed by atoms with Crippen LogP contribution >= 0.6 is 0 Å². The highest BCUT2D eigenvalue weighted by Crippen LogP contribution is 2.42. The molecule has 2 aliphatic heterocycles. The number of hydrogen-bond acceptors (Lipinski definition) is 3.